The Morgan fingerprint density at radius 3 is 2.90 bits per heavy atom. The molecule has 0 bridgehead atoms. The molecule has 0 amide bonds. The average Bonchev–Trinajstić information content (AvgIpc) is 2.89. The molecule has 3 heterocycles. The van der Waals surface area contributed by atoms with Crippen LogP contribution in [0.5, 0.6) is 0 Å². The zero-order valence-corrected chi connectivity index (χ0v) is 11.8. The maximum absolute atomic E-state index is 4.41. The Balaban J connectivity index is 1.97. The molecule has 6 nitrogen and oxygen atoms in total. The predicted molar refractivity (Wildman–Crippen MR) is 76.6 cm³/mol. The first-order valence-electron chi connectivity index (χ1n) is 6.47. The molecule has 0 aliphatic carbocycles. The lowest BCUT2D eigenvalue weighted by molar-refractivity contribution is 0.901. The summed E-state index contributed by atoms with van der Waals surface area (Å²) in [5.41, 5.74) is 4.41. The summed E-state index contributed by atoms with van der Waals surface area (Å²) < 4.78 is 1.73. The van der Waals surface area contributed by atoms with Gasteiger partial charge in [0, 0.05) is 30.2 Å². The van der Waals surface area contributed by atoms with Crippen molar-refractivity contribution < 1.29 is 0 Å². The van der Waals surface area contributed by atoms with E-state index >= 15 is 0 Å². The number of nitrogens with zero attached hydrogens (tertiary/aromatic N) is 5. The van der Waals surface area contributed by atoms with Crippen LogP contribution in [0.4, 0.5) is 5.82 Å². The van der Waals surface area contributed by atoms with Crippen LogP contribution in [0, 0.1) is 20.8 Å². The van der Waals surface area contributed by atoms with Crippen molar-refractivity contribution >= 4 is 11.6 Å². The van der Waals surface area contributed by atoms with Gasteiger partial charge in [0.25, 0.3) is 5.78 Å². The van der Waals surface area contributed by atoms with E-state index in [1.807, 2.05) is 26.1 Å². The van der Waals surface area contributed by atoms with Crippen molar-refractivity contribution in [2.75, 3.05) is 5.32 Å². The molecule has 6 heteroatoms. The first-order valence-corrected chi connectivity index (χ1v) is 6.47. The van der Waals surface area contributed by atoms with Crippen LogP contribution in [0.15, 0.2) is 24.8 Å². The number of aromatic nitrogens is 5. The van der Waals surface area contributed by atoms with Gasteiger partial charge in [-0.3, -0.25) is 4.98 Å². The first kappa shape index (κ1) is 12.5. The number of rotatable bonds is 3. The third-order valence-corrected chi connectivity index (χ3v) is 3.49. The summed E-state index contributed by atoms with van der Waals surface area (Å²) >= 11 is 0. The van der Waals surface area contributed by atoms with Crippen LogP contribution < -0.4 is 5.32 Å². The summed E-state index contributed by atoms with van der Waals surface area (Å²) in [6.07, 6.45) is 5.19. The molecule has 0 atom stereocenters. The SMILES string of the molecule is Cc1cnccc1CNc1c(C)c(C)nc2ncnn12. The van der Waals surface area contributed by atoms with E-state index < -0.39 is 0 Å². The minimum Gasteiger partial charge on any atom is -0.366 e. The van der Waals surface area contributed by atoms with Crippen molar-refractivity contribution in [2.24, 2.45) is 0 Å². The molecule has 20 heavy (non-hydrogen) atoms. The largest absolute Gasteiger partial charge is 0.366 e. The average molecular weight is 268 g/mol. The van der Waals surface area contributed by atoms with Crippen LogP contribution in [0.1, 0.15) is 22.4 Å². The molecule has 3 rings (SSSR count). The molecule has 1 N–H and O–H groups in total. The number of anilines is 1. The van der Waals surface area contributed by atoms with Gasteiger partial charge in [-0.25, -0.2) is 4.98 Å². The maximum Gasteiger partial charge on any atom is 0.254 e. The van der Waals surface area contributed by atoms with Gasteiger partial charge in [0.1, 0.15) is 12.1 Å². The number of pyridine rings is 1. The molecule has 0 aliphatic heterocycles. The molecule has 0 aliphatic rings. The van der Waals surface area contributed by atoms with E-state index in [1.165, 1.54) is 17.5 Å². The standard InChI is InChI=1S/C14H16N6/c1-9-6-15-5-4-12(9)7-16-13-10(2)11(3)19-14-17-8-18-20(13)14/h4-6,8,16H,7H2,1-3H3. The van der Waals surface area contributed by atoms with Gasteiger partial charge in [-0.2, -0.15) is 14.6 Å². The van der Waals surface area contributed by atoms with Gasteiger partial charge >= 0.3 is 0 Å². The van der Waals surface area contributed by atoms with Gasteiger partial charge in [-0.05, 0) is 38.0 Å². The fraction of sp³-hybridized carbons (Fsp3) is 0.286. The second kappa shape index (κ2) is 4.88. The molecule has 0 saturated carbocycles. The molecule has 3 aromatic heterocycles. The molecule has 0 radical (unpaired) electrons. The molecule has 102 valence electrons. The smallest absolute Gasteiger partial charge is 0.254 e. The van der Waals surface area contributed by atoms with E-state index in [1.54, 1.807) is 10.7 Å². The van der Waals surface area contributed by atoms with Crippen LogP contribution in [0.2, 0.25) is 0 Å². The molecule has 0 unspecified atom stereocenters. The molecule has 0 aromatic carbocycles. The quantitative estimate of drug-likeness (QED) is 0.787. The number of fused-ring (bicyclic) bond motifs is 1. The third kappa shape index (κ3) is 2.09. The lowest BCUT2D eigenvalue weighted by atomic mass is 10.1. The number of nitrogens with one attached hydrogen (secondary N) is 1. The fourth-order valence-corrected chi connectivity index (χ4v) is 2.12. The fourth-order valence-electron chi connectivity index (χ4n) is 2.12. The highest BCUT2D eigenvalue weighted by molar-refractivity contribution is 5.52. The monoisotopic (exact) mass is 268 g/mol. The molecule has 3 aromatic rings. The molecule has 0 saturated heterocycles. The second-order valence-corrected chi connectivity index (χ2v) is 4.80. The minimum atomic E-state index is 0.613. The van der Waals surface area contributed by atoms with E-state index in [9.17, 15) is 0 Å². The first-order chi connectivity index (χ1) is 9.66. The summed E-state index contributed by atoms with van der Waals surface area (Å²) in [7, 11) is 0. The highest BCUT2D eigenvalue weighted by Crippen LogP contribution is 2.19. The van der Waals surface area contributed by atoms with E-state index in [2.05, 4.69) is 32.3 Å². The highest BCUT2D eigenvalue weighted by atomic mass is 15.4. The highest BCUT2D eigenvalue weighted by Gasteiger charge is 2.10. The van der Waals surface area contributed by atoms with Gasteiger partial charge < -0.3 is 5.32 Å². The van der Waals surface area contributed by atoms with Crippen LogP contribution in [0.3, 0.4) is 0 Å². The van der Waals surface area contributed by atoms with Crippen molar-refractivity contribution in [3.05, 3.63) is 47.2 Å². The van der Waals surface area contributed by atoms with E-state index in [0.717, 1.165) is 17.1 Å². The van der Waals surface area contributed by atoms with E-state index in [-0.39, 0.29) is 0 Å². The van der Waals surface area contributed by atoms with Gasteiger partial charge in [-0.1, -0.05) is 0 Å². The van der Waals surface area contributed by atoms with Crippen LogP contribution in [0.25, 0.3) is 5.78 Å². The van der Waals surface area contributed by atoms with Crippen molar-refractivity contribution in [3.8, 4) is 0 Å². The van der Waals surface area contributed by atoms with E-state index in [0.29, 0.717) is 12.3 Å². The van der Waals surface area contributed by atoms with Gasteiger partial charge in [0.2, 0.25) is 0 Å². The number of aryl methyl sites for hydroxylation is 2. The van der Waals surface area contributed by atoms with Crippen LogP contribution in [-0.4, -0.2) is 24.6 Å². The van der Waals surface area contributed by atoms with Gasteiger partial charge in [-0.15, -0.1) is 0 Å². The van der Waals surface area contributed by atoms with Gasteiger partial charge in [0.15, 0.2) is 0 Å². The topological polar surface area (TPSA) is 68.0 Å². The molecule has 0 fully saturated rings. The van der Waals surface area contributed by atoms with Gasteiger partial charge in [0.05, 0.1) is 0 Å². The van der Waals surface area contributed by atoms with Crippen LogP contribution >= 0.6 is 0 Å². The number of hydrogen-bond acceptors (Lipinski definition) is 5. The lowest BCUT2D eigenvalue weighted by Gasteiger charge is -2.13. The maximum atomic E-state index is 4.41. The van der Waals surface area contributed by atoms with Crippen molar-refractivity contribution in [1.29, 1.82) is 0 Å². The molecular formula is C14H16N6. The number of hydrogen-bond donors (Lipinski definition) is 1. The Morgan fingerprint density at radius 2 is 2.10 bits per heavy atom. The van der Waals surface area contributed by atoms with E-state index in [4.69, 9.17) is 0 Å². The summed E-state index contributed by atoms with van der Waals surface area (Å²) in [6, 6.07) is 2.02. The van der Waals surface area contributed by atoms with Crippen molar-refractivity contribution in [2.45, 2.75) is 27.3 Å². The Kier molecular flexibility index (Phi) is 3.06. The molecular weight excluding hydrogens is 252 g/mol. The Bertz CT molecular complexity index is 761. The summed E-state index contributed by atoms with van der Waals surface area (Å²) in [5.74, 6) is 1.54. The Labute approximate surface area is 116 Å². The summed E-state index contributed by atoms with van der Waals surface area (Å²) in [4.78, 5) is 12.7. The Hall–Kier alpha value is -2.50. The Morgan fingerprint density at radius 1 is 1.25 bits per heavy atom. The summed E-state index contributed by atoms with van der Waals surface area (Å²) in [6.45, 7) is 6.78. The summed E-state index contributed by atoms with van der Waals surface area (Å²) in [5, 5.41) is 7.66. The second-order valence-electron chi connectivity index (χ2n) is 4.80. The third-order valence-electron chi connectivity index (χ3n) is 3.49. The predicted octanol–water partition coefficient (Wildman–Crippen LogP) is 2.06. The zero-order valence-electron chi connectivity index (χ0n) is 11.8. The minimum absolute atomic E-state index is 0.613. The van der Waals surface area contributed by atoms with Crippen molar-refractivity contribution in [3.63, 3.8) is 0 Å². The van der Waals surface area contributed by atoms with Crippen molar-refractivity contribution in [1.82, 2.24) is 24.6 Å². The van der Waals surface area contributed by atoms with Crippen LogP contribution in [-0.2, 0) is 6.54 Å². The molecule has 0 spiro atoms. The zero-order chi connectivity index (χ0) is 14.1. The normalized spacial score (nSPS) is 10.9. The lowest BCUT2D eigenvalue weighted by Crippen LogP contribution is -2.10.